The zero-order chi connectivity index (χ0) is 11.8. The Morgan fingerprint density at radius 1 is 1.24 bits per heavy atom. The van der Waals surface area contributed by atoms with Gasteiger partial charge in [0.2, 0.25) is 5.91 Å². The summed E-state index contributed by atoms with van der Waals surface area (Å²) >= 11 is 0. The molecule has 1 heterocycles. The van der Waals surface area contributed by atoms with Gasteiger partial charge in [-0.05, 0) is 43.4 Å². The van der Waals surface area contributed by atoms with Crippen molar-refractivity contribution in [1.29, 1.82) is 0 Å². The molecule has 2 saturated carbocycles. The predicted molar refractivity (Wildman–Crippen MR) is 65.3 cm³/mol. The van der Waals surface area contributed by atoms with E-state index in [9.17, 15) is 4.79 Å². The second kappa shape index (κ2) is 4.60. The van der Waals surface area contributed by atoms with Crippen LogP contribution in [0.15, 0.2) is 0 Å². The molecule has 0 aromatic carbocycles. The highest BCUT2D eigenvalue weighted by atomic mass is 16.3. The quantitative estimate of drug-likeness (QED) is 0.811. The molecule has 3 aliphatic rings. The molecule has 1 saturated heterocycles. The zero-order valence-electron chi connectivity index (χ0n) is 10.5. The highest BCUT2D eigenvalue weighted by molar-refractivity contribution is 5.76. The van der Waals surface area contributed by atoms with Crippen LogP contribution >= 0.6 is 0 Å². The summed E-state index contributed by atoms with van der Waals surface area (Å²) < 4.78 is 0. The van der Waals surface area contributed by atoms with Crippen LogP contribution in [0.5, 0.6) is 0 Å². The fraction of sp³-hybridized carbons (Fsp3) is 0.929. The van der Waals surface area contributed by atoms with Crippen LogP contribution in [0.25, 0.3) is 0 Å². The monoisotopic (exact) mass is 237 g/mol. The zero-order valence-corrected chi connectivity index (χ0v) is 10.5. The van der Waals surface area contributed by atoms with Crippen LogP contribution in [0.4, 0.5) is 0 Å². The first-order chi connectivity index (χ1) is 8.26. The molecule has 0 spiro atoms. The normalized spacial score (nSPS) is 40.2. The van der Waals surface area contributed by atoms with Crippen LogP contribution in [0.3, 0.4) is 0 Å². The van der Waals surface area contributed by atoms with E-state index >= 15 is 0 Å². The van der Waals surface area contributed by atoms with Gasteiger partial charge in [0, 0.05) is 32.0 Å². The number of likely N-dealkylation sites (tertiary alicyclic amines) is 1. The second-order valence-corrected chi connectivity index (χ2v) is 6.32. The Bertz CT molecular complexity index is 305. The van der Waals surface area contributed by atoms with Crippen molar-refractivity contribution >= 4 is 5.91 Å². The van der Waals surface area contributed by atoms with Gasteiger partial charge in [-0.15, -0.1) is 0 Å². The van der Waals surface area contributed by atoms with Crippen molar-refractivity contribution in [3.8, 4) is 0 Å². The van der Waals surface area contributed by atoms with Gasteiger partial charge in [0.05, 0.1) is 0 Å². The maximum Gasteiger partial charge on any atom is 0.222 e. The Balaban J connectivity index is 1.51. The van der Waals surface area contributed by atoms with E-state index in [2.05, 4.69) is 0 Å². The van der Waals surface area contributed by atoms with Crippen molar-refractivity contribution in [3.05, 3.63) is 0 Å². The third kappa shape index (κ3) is 2.22. The number of amides is 1. The fourth-order valence-electron chi connectivity index (χ4n) is 4.19. The maximum atomic E-state index is 12.2. The summed E-state index contributed by atoms with van der Waals surface area (Å²) in [4.78, 5) is 14.2. The molecule has 0 aromatic heterocycles. The molecule has 3 heteroatoms. The molecule has 1 aliphatic heterocycles. The third-order valence-electron chi connectivity index (χ3n) is 5.22. The number of rotatable bonds is 3. The molecule has 4 unspecified atom stereocenters. The SMILES string of the molecule is O=C(CC1CC2CCC1C2)N1CCC(CO)C1. The van der Waals surface area contributed by atoms with Crippen LogP contribution in [-0.2, 0) is 4.79 Å². The molecule has 2 aliphatic carbocycles. The van der Waals surface area contributed by atoms with Crippen LogP contribution in [0.1, 0.15) is 38.5 Å². The molecular formula is C14H23NO2. The van der Waals surface area contributed by atoms with Crippen molar-refractivity contribution < 1.29 is 9.90 Å². The molecule has 1 N–H and O–H groups in total. The van der Waals surface area contributed by atoms with Crippen molar-refractivity contribution in [3.63, 3.8) is 0 Å². The number of hydrogen-bond donors (Lipinski definition) is 1. The van der Waals surface area contributed by atoms with Gasteiger partial charge in [0.15, 0.2) is 0 Å². The Hall–Kier alpha value is -0.570. The number of aliphatic hydroxyl groups excluding tert-OH is 1. The van der Waals surface area contributed by atoms with Gasteiger partial charge in [0.1, 0.15) is 0 Å². The third-order valence-corrected chi connectivity index (χ3v) is 5.22. The average Bonchev–Trinajstić information content (AvgIpc) is 3.04. The molecule has 0 aromatic rings. The van der Waals surface area contributed by atoms with Crippen molar-refractivity contribution in [2.45, 2.75) is 38.5 Å². The van der Waals surface area contributed by atoms with Crippen molar-refractivity contribution in [2.24, 2.45) is 23.7 Å². The number of hydrogen-bond acceptors (Lipinski definition) is 2. The molecule has 0 radical (unpaired) electrons. The van der Waals surface area contributed by atoms with Gasteiger partial charge < -0.3 is 10.0 Å². The highest BCUT2D eigenvalue weighted by Gasteiger charge is 2.41. The summed E-state index contributed by atoms with van der Waals surface area (Å²) in [6.07, 6.45) is 7.22. The topological polar surface area (TPSA) is 40.5 Å². The van der Waals surface area contributed by atoms with Crippen LogP contribution in [0.2, 0.25) is 0 Å². The van der Waals surface area contributed by atoms with Gasteiger partial charge in [-0.2, -0.15) is 0 Å². The standard InChI is InChI=1S/C14H23NO2/c16-9-11-3-4-15(8-11)14(17)7-13-6-10-1-2-12(13)5-10/h10-13,16H,1-9H2. The number of fused-ring (bicyclic) bond motifs is 2. The van der Waals surface area contributed by atoms with Crippen LogP contribution < -0.4 is 0 Å². The molecule has 3 nitrogen and oxygen atoms in total. The van der Waals surface area contributed by atoms with E-state index in [4.69, 9.17) is 5.11 Å². The van der Waals surface area contributed by atoms with Gasteiger partial charge in [0.25, 0.3) is 0 Å². The molecular weight excluding hydrogens is 214 g/mol. The van der Waals surface area contributed by atoms with E-state index in [1.165, 1.54) is 25.7 Å². The lowest BCUT2D eigenvalue weighted by Gasteiger charge is -2.24. The Morgan fingerprint density at radius 3 is 2.71 bits per heavy atom. The second-order valence-electron chi connectivity index (χ2n) is 6.32. The predicted octanol–water partition coefficient (Wildman–Crippen LogP) is 1.65. The lowest BCUT2D eigenvalue weighted by molar-refractivity contribution is -0.131. The van der Waals surface area contributed by atoms with E-state index in [-0.39, 0.29) is 6.61 Å². The summed E-state index contributed by atoms with van der Waals surface area (Å²) in [5, 5.41) is 9.10. The molecule has 3 rings (SSSR count). The minimum Gasteiger partial charge on any atom is -0.396 e. The van der Waals surface area contributed by atoms with Crippen molar-refractivity contribution in [2.75, 3.05) is 19.7 Å². The number of aliphatic hydroxyl groups is 1. The molecule has 2 bridgehead atoms. The smallest absolute Gasteiger partial charge is 0.222 e. The Kier molecular flexibility index (Phi) is 3.12. The van der Waals surface area contributed by atoms with Crippen LogP contribution in [-0.4, -0.2) is 35.6 Å². The lowest BCUT2D eigenvalue weighted by Crippen LogP contribution is -2.31. The van der Waals surface area contributed by atoms with Gasteiger partial charge in [-0.1, -0.05) is 6.42 Å². The van der Waals surface area contributed by atoms with E-state index in [0.29, 0.717) is 17.7 Å². The Labute approximate surface area is 103 Å². The van der Waals surface area contributed by atoms with E-state index in [1.54, 1.807) is 0 Å². The summed E-state index contributed by atoms with van der Waals surface area (Å²) in [7, 11) is 0. The first-order valence-corrected chi connectivity index (χ1v) is 7.15. The average molecular weight is 237 g/mol. The Morgan fingerprint density at radius 2 is 2.12 bits per heavy atom. The minimum absolute atomic E-state index is 0.234. The van der Waals surface area contributed by atoms with Crippen molar-refractivity contribution in [1.82, 2.24) is 4.90 Å². The van der Waals surface area contributed by atoms with Gasteiger partial charge in [-0.3, -0.25) is 4.79 Å². The number of carbonyl (C=O) groups is 1. The molecule has 3 fully saturated rings. The molecule has 4 atom stereocenters. The maximum absolute atomic E-state index is 12.2. The van der Waals surface area contributed by atoms with E-state index in [0.717, 1.165) is 37.8 Å². The molecule has 96 valence electrons. The largest absolute Gasteiger partial charge is 0.396 e. The van der Waals surface area contributed by atoms with Gasteiger partial charge >= 0.3 is 0 Å². The van der Waals surface area contributed by atoms with Gasteiger partial charge in [-0.25, -0.2) is 0 Å². The highest BCUT2D eigenvalue weighted by Crippen LogP contribution is 2.49. The summed E-state index contributed by atoms with van der Waals surface area (Å²) in [5.74, 6) is 3.13. The summed E-state index contributed by atoms with van der Waals surface area (Å²) in [6.45, 7) is 1.89. The van der Waals surface area contributed by atoms with E-state index < -0.39 is 0 Å². The number of nitrogens with zero attached hydrogens (tertiary/aromatic N) is 1. The number of carbonyl (C=O) groups excluding carboxylic acids is 1. The van der Waals surface area contributed by atoms with Crippen LogP contribution in [0, 0.1) is 23.7 Å². The molecule has 1 amide bonds. The van der Waals surface area contributed by atoms with E-state index in [1.807, 2.05) is 4.90 Å². The minimum atomic E-state index is 0.234. The molecule has 17 heavy (non-hydrogen) atoms. The first-order valence-electron chi connectivity index (χ1n) is 7.15. The summed E-state index contributed by atoms with van der Waals surface area (Å²) in [6, 6.07) is 0. The lowest BCUT2D eigenvalue weighted by atomic mass is 9.86. The first kappa shape index (κ1) is 11.5. The summed E-state index contributed by atoms with van der Waals surface area (Å²) in [5.41, 5.74) is 0. The fourth-order valence-corrected chi connectivity index (χ4v) is 4.19.